The molecule has 1 aromatic carbocycles. The third-order valence-electron chi connectivity index (χ3n) is 6.47. The lowest BCUT2D eigenvalue weighted by atomic mass is 9.98. The lowest BCUT2D eigenvalue weighted by molar-refractivity contribution is -0.114. The van der Waals surface area contributed by atoms with Crippen LogP contribution in [-0.4, -0.2) is 36.5 Å². The summed E-state index contributed by atoms with van der Waals surface area (Å²) in [6.07, 6.45) is 6.25. The summed E-state index contributed by atoms with van der Waals surface area (Å²) in [6.45, 7) is 8.50. The van der Waals surface area contributed by atoms with Gasteiger partial charge in [0.25, 0.3) is 5.91 Å². The number of carbonyl (C=O) groups excluding carboxylic acids is 1. The van der Waals surface area contributed by atoms with Gasteiger partial charge >= 0.3 is 0 Å². The molecule has 4 heterocycles. The van der Waals surface area contributed by atoms with Crippen molar-refractivity contribution in [1.29, 1.82) is 5.41 Å². The number of hydrogen-bond donors (Lipinski definition) is 1. The van der Waals surface area contributed by atoms with E-state index in [0.29, 0.717) is 16.1 Å². The maximum atomic E-state index is 12.9. The summed E-state index contributed by atoms with van der Waals surface area (Å²) >= 11 is 1.27. The van der Waals surface area contributed by atoms with Gasteiger partial charge in [0.05, 0.1) is 5.57 Å². The van der Waals surface area contributed by atoms with E-state index in [1.807, 2.05) is 32.0 Å². The molecule has 1 N–H and O–H groups in total. The number of hydrogen-bond acceptors (Lipinski definition) is 5. The van der Waals surface area contributed by atoms with Crippen LogP contribution in [0.15, 0.2) is 70.5 Å². The summed E-state index contributed by atoms with van der Waals surface area (Å²) in [6, 6.07) is 14.4. The average Bonchev–Trinajstić information content (AvgIpc) is 3.42. The van der Waals surface area contributed by atoms with Crippen LogP contribution in [0, 0.1) is 19.3 Å². The lowest BCUT2D eigenvalue weighted by Crippen LogP contribution is -2.35. The predicted molar refractivity (Wildman–Crippen MR) is 142 cm³/mol. The molecular formula is C27H26N6OS. The molecule has 2 aliphatic rings. The molecule has 0 fully saturated rings. The Kier molecular flexibility index (Phi) is 5.98. The summed E-state index contributed by atoms with van der Waals surface area (Å²) in [5, 5.41) is 15.7. The van der Waals surface area contributed by atoms with Crippen LogP contribution >= 0.6 is 11.8 Å². The van der Waals surface area contributed by atoms with E-state index in [9.17, 15) is 4.79 Å². The van der Waals surface area contributed by atoms with Gasteiger partial charge in [0.15, 0.2) is 5.84 Å². The molecule has 0 aliphatic carbocycles. The molecule has 0 radical (unpaired) electrons. The van der Waals surface area contributed by atoms with Crippen molar-refractivity contribution >= 4 is 39.8 Å². The summed E-state index contributed by atoms with van der Waals surface area (Å²) < 4.78 is 2.17. The predicted octanol–water partition coefficient (Wildman–Crippen LogP) is 5.67. The van der Waals surface area contributed by atoms with Crippen LogP contribution in [0.5, 0.6) is 0 Å². The zero-order valence-corrected chi connectivity index (χ0v) is 20.9. The van der Waals surface area contributed by atoms with Crippen LogP contribution in [0.3, 0.4) is 0 Å². The number of pyridine rings is 1. The molecule has 0 saturated carbocycles. The van der Waals surface area contributed by atoms with Gasteiger partial charge in [-0.3, -0.25) is 15.2 Å². The maximum absolute atomic E-state index is 12.9. The largest absolute Gasteiger partial charge is 0.318 e. The molecule has 0 unspecified atom stereocenters. The molecule has 3 aromatic rings. The van der Waals surface area contributed by atoms with E-state index < -0.39 is 5.91 Å². The highest BCUT2D eigenvalue weighted by atomic mass is 32.2. The first kappa shape index (κ1) is 23.0. The summed E-state index contributed by atoms with van der Waals surface area (Å²) in [5.41, 5.74) is 6.37. The van der Waals surface area contributed by atoms with Crippen molar-refractivity contribution in [1.82, 2.24) is 14.6 Å². The fraction of sp³-hybridized carbons (Fsp3) is 0.222. The van der Waals surface area contributed by atoms with Gasteiger partial charge in [-0.15, -0.1) is 0 Å². The normalized spacial score (nSPS) is 17.5. The molecule has 0 bridgehead atoms. The van der Waals surface area contributed by atoms with Gasteiger partial charge in [0.2, 0.25) is 5.17 Å². The number of amidine groups is 2. The number of benzene rings is 1. The molecule has 35 heavy (non-hydrogen) atoms. The topological polar surface area (TPSA) is 86.7 Å². The monoisotopic (exact) mass is 482 g/mol. The van der Waals surface area contributed by atoms with Crippen LogP contribution in [0.2, 0.25) is 0 Å². The number of rotatable bonds is 5. The second kappa shape index (κ2) is 9.11. The molecular weight excluding hydrogens is 456 g/mol. The van der Waals surface area contributed by atoms with Gasteiger partial charge in [0.1, 0.15) is 5.04 Å². The minimum absolute atomic E-state index is 0.0223. The Labute approximate surface area is 208 Å². The molecule has 0 spiro atoms. The quantitative estimate of drug-likeness (QED) is 0.475. The molecule has 1 atom stereocenters. The number of carbonyl (C=O) groups is 1. The highest BCUT2D eigenvalue weighted by molar-refractivity contribution is 8.27. The first-order valence-electron chi connectivity index (χ1n) is 11.6. The third kappa shape index (κ3) is 4.14. The lowest BCUT2D eigenvalue weighted by Gasteiger charge is -2.20. The first-order chi connectivity index (χ1) is 16.9. The van der Waals surface area contributed by atoms with Gasteiger partial charge in [-0.1, -0.05) is 26.0 Å². The first-order valence-corrected chi connectivity index (χ1v) is 12.4. The van der Waals surface area contributed by atoms with Gasteiger partial charge in [-0.2, -0.15) is 15.1 Å². The van der Waals surface area contributed by atoms with Crippen molar-refractivity contribution in [3.8, 4) is 5.69 Å². The van der Waals surface area contributed by atoms with Crippen molar-refractivity contribution in [2.24, 2.45) is 10.1 Å². The van der Waals surface area contributed by atoms with Crippen molar-refractivity contribution in [3.63, 3.8) is 0 Å². The van der Waals surface area contributed by atoms with Gasteiger partial charge in [-0.05, 0) is 85.5 Å². The Morgan fingerprint density at radius 2 is 1.94 bits per heavy atom. The molecule has 7 nitrogen and oxygen atoms in total. The van der Waals surface area contributed by atoms with E-state index in [0.717, 1.165) is 34.6 Å². The highest BCUT2D eigenvalue weighted by Gasteiger charge is 2.36. The Morgan fingerprint density at radius 1 is 1.17 bits per heavy atom. The van der Waals surface area contributed by atoms with Crippen molar-refractivity contribution in [3.05, 3.63) is 88.5 Å². The second-order valence-corrected chi connectivity index (χ2v) is 9.69. The second-order valence-electron chi connectivity index (χ2n) is 8.73. The fourth-order valence-corrected chi connectivity index (χ4v) is 5.15. The zero-order valence-electron chi connectivity index (χ0n) is 20.1. The van der Waals surface area contributed by atoms with E-state index in [1.165, 1.54) is 22.3 Å². The maximum Gasteiger partial charge on any atom is 0.283 e. The minimum atomic E-state index is -0.431. The van der Waals surface area contributed by atoms with Crippen LogP contribution in [0.25, 0.3) is 11.8 Å². The minimum Gasteiger partial charge on any atom is -0.318 e. The average molecular weight is 483 g/mol. The van der Waals surface area contributed by atoms with E-state index in [2.05, 4.69) is 57.8 Å². The molecule has 176 valence electrons. The van der Waals surface area contributed by atoms with Crippen LogP contribution in [0.4, 0.5) is 0 Å². The van der Waals surface area contributed by atoms with E-state index in [1.54, 1.807) is 18.5 Å². The van der Waals surface area contributed by atoms with Crippen LogP contribution < -0.4 is 0 Å². The van der Waals surface area contributed by atoms with E-state index >= 15 is 0 Å². The summed E-state index contributed by atoms with van der Waals surface area (Å²) in [7, 11) is 0. The number of thioether (sulfide) groups is 1. The van der Waals surface area contributed by atoms with Gasteiger partial charge < -0.3 is 4.57 Å². The molecule has 0 saturated heterocycles. The van der Waals surface area contributed by atoms with Crippen molar-refractivity contribution in [2.45, 2.75) is 40.0 Å². The Balaban J connectivity index is 1.47. The Morgan fingerprint density at radius 3 is 2.63 bits per heavy atom. The highest BCUT2D eigenvalue weighted by Crippen LogP contribution is 2.32. The molecule has 5 rings (SSSR count). The number of aryl methyl sites for hydroxylation is 1. The fourth-order valence-electron chi connectivity index (χ4n) is 4.27. The molecule has 1 amide bonds. The number of fused-ring (bicyclic) bond motifs is 1. The SMILES string of the molecule is CC[C@H](C)c1ccc(-n2c(C)cc(/C=C3\C(=N)N4N=C(c5cccnc5)SC4=NC3=O)c2C)cc1. The van der Waals surface area contributed by atoms with Gasteiger partial charge in [-0.25, -0.2) is 0 Å². The molecule has 2 aromatic heterocycles. The van der Waals surface area contributed by atoms with Gasteiger partial charge in [0, 0.05) is 35.0 Å². The van der Waals surface area contributed by atoms with Crippen LogP contribution in [-0.2, 0) is 4.79 Å². The standard InChI is InChI=1S/C27H26N6OS/c1-5-16(2)19-8-10-22(11-9-19)32-17(3)13-21(18(32)4)14-23-24(28)33-27(30-25(23)34)35-26(31-33)20-7-6-12-29-15-20/h6-16,28H,5H2,1-4H3/b23-14+,28-24?/t16-/m0/s1. The number of aliphatic imine (C=N–C) groups is 1. The van der Waals surface area contributed by atoms with Crippen molar-refractivity contribution in [2.75, 3.05) is 0 Å². The zero-order chi connectivity index (χ0) is 24.7. The number of nitrogens with zero attached hydrogens (tertiary/aromatic N) is 5. The third-order valence-corrected chi connectivity index (χ3v) is 7.42. The number of aromatic nitrogens is 2. The molecule has 2 aliphatic heterocycles. The molecule has 8 heteroatoms. The number of hydrazone groups is 1. The Hall–Kier alpha value is -3.78. The summed E-state index contributed by atoms with van der Waals surface area (Å²) in [4.78, 5) is 21.2. The van der Waals surface area contributed by atoms with E-state index in [-0.39, 0.29) is 11.4 Å². The summed E-state index contributed by atoms with van der Waals surface area (Å²) in [5.74, 6) is 0.114. The number of nitrogens with one attached hydrogen (secondary N) is 1. The van der Waals surface area contributed by atoms with E-state index in [4.69, 9.17) is 5.41 Å². The van der Waals surface area contributed by atoms with Crippen LogP contribution in [0.1, 0.15) is 54.3 Å². The smallest absolute Gasteiger partial charge is 0.283 e. The van der Waals surface area contributed by atoms with Crippen molar-refractivity contribution < 1.29 is 4.79 Å². The number of amides is 1. The Bertz CT molecular complexity index is 1420.